The van der Waals surface area contributed by atoms with E-state index in [1.165, 1.54) is 44.9 Å². The number of fused-ring (bicyclic) bond motifs is 5. The van der Waals surface area contributed by atoms with E-state index in [0.29, 0.717) is 11.3 Å². The van der Waals surface area contributed by atoms with E-state index < -0.39 is 5.60 Å². The second-order valence-corrected chi connectivity index (χ2v) is 10.3. The highest BCUT2D eigenvalue weighted by molar-refractivity contribution is 5.16. The number of hydrogen-bond donors (Lipinski definition) is 1. The Balaban J connectivity index is 1.39. The molecule has 1 heterocycles. The second-order valence-electron chi connectivity index (χ2n) is 10.3. The molecule has 4 saturated carbocycles. The highest BCUT2D eigenvalue weighted by atomic mass is 16.5. The summed E-state index contributed by atoms with van der Waals surface area (Å²) >= 11 is 0. The van der Waals surface area contributed by atoms with Crippen molar-refractivity contribution >= 4 is 0 Å². The largest absolute Gasteiger partial charge is 0.390 e. The number of nitrogens with zero attached hydrogens (tertiary/aromatic N) is 1. The van der Waals surface area contributed by atoms with Gasteiger partial charge in [-0.15, -0.1) is 0 Å². The van der Waals surface area contributed by atoms with Crippen molar-refractivity contribution in [2.75, 3.05) is 0 Å². The van der Waals surface area contributed by atoms with Crippen LogP contribution in [0.1, 0.15) is 83.3 Å². The lowest BCUT2D eigenvalue weighted by Gasteiger charge is -2.56. The number of hydrogen-bond acceptors (Lipinski definition) is 3. The molecule has 4 aliphatic carbocycles. The Labute approximate surface area is 151 Å². The van der Waals surface area contributed by atoms with Gasteiger partial charge in [0.05, 0.1) is 11.8 Å². The monoisotopic (exact) mass is 343 g/mol. The zero-order valence-corrected chi connectivity index (χ0v) is 15.8. The van der Waals surface area contributed by atoms with Crippen LogP contribution in [0.5, 0.6) is 0 Å². The van der Waals surface area contributed by atoms with E-state index in [-0.39, 0.29) is 0 Å². The lowest BCUT2D eigenvalue weighted by atomic mass is 9.49. The van der Waals surface area contributed by atoms with E-state index in [1.807, 2.05) is 6.20 Å². The molecule has 0 aromatic carbocycles. The van der Waals surface area contributed by atoms with Crippen molar-refractivity contribution in [2.45, 2.75) is 83.2 Å². The van der Waals surface area contributed by atoms with Crippen LogP contribution >= 0.6 is 0 Å². The van der Waals surface area contributed by atoms with Gasteiger partial charge in [-0.2, -0.15) is 0 Å². The first-order valence-corrected chi connectivity index (χ1v) is 10.6. The van der Waals surface area contributed by atoms with Gasteiger partial charge in [0.25, 0.3) is 0 Å². The maximum Gasteiger partial charge on any atom is 0.140 e. The molecule has 3 nitrogen and oxygen atoms in total. The molecule has 3 heteroatoms. The van der Waals surface area contributed by atoms with Crippen molar-refractivity contribution in [3.05, 3.63) is 18.0 Å². The molecular formula is C22H33NO2. The molecule has 25 heavy (non-hydrogen) atoms. The summed E-state index contributed by atoms with van der Waals surface area (Å²) < 4.78 is 5.60. The third-order valence-electron chi connectivity index (χ3n) is 9.04. The van der Waals surface area contributed by atoms with Gasteiger partial charge in [-0.25, -0.2) is 0 Å². The van der Waals surface area contributed by atoms with E-state index in [4.69, 9.17) is 4.52 Å². The maximum absolute atomic E-state index is 10.5. The summed E-state index contributed by atoms with van der Waals surface area (Å²) in [5.41, 5.74) is 0.00955. The quantitative estimate of drug-likeness (QED) is 0.766. The molecule has 4 aliphatic rings. The first-order valence-electron chi connectivity index (χ1n) is 10.6. The molecular weight excluding hydrogens is 310 g/mol. The number of aliphatic hydroxyl groups is 1. The minimum absolute atomic E-state index is 0.401. The lowest BCUT2D eigenvalue weighted by Crippen LogP contribution is -2.50. The van der Waals surface area contributed by atoms with Crippen molar-refractivity contribution in [3.63, 3.8) is 0 Å². The standard InChI is InChI=1S/C22H33NO2/c1-21(24)10-7-15-14(13-21)3-4-17-16(15)8-11-22(2)18(17)5-6-19(22)20-9-12-23-25-20/h9,12,14-19,24H,3-8,10-11,13H2,1-2H3/t14-,15-,16+,17+,18-,19+,21+,22-/m0/s1. The van der Waals surface area contributed by atoms with Gasteiger partial charge in [-0.05, 0) is 99.7 Å². The van der Waals surface area contributed by atoms with Crippen LogP contribution in [0.15, 0.2) is 16.8 Å². The Morgan fingerprint density at radius 3 is 2.64 bits per heavy atom. The molecule has 4 fully saturated rings. The van der Waals surface area contributed by atoms with Crippen LogP contribution < -0.4 is 0 Å². The third kappa shape index (κ3) is 2.44. The Kier molecular flexibility index (Phi) is 3.65. The molecule has 0 aliphatic heterocycles. The topological polar surface area (TPSA) is 46.3 Å². The van der Waals surface area contributed by atoms with Gasteiger partial charge in [0.15, 0.2) is 0 Å². The van der Waals surface area contributed by atoms with Crippen LogP contribution in [0.3, 0.4) is 0 Å². The number of aromatic nitrogens is 1. The fraction of sp³-hybridized carbons (Fsp3) is 0.864. The smallest absolute Gasteiger partial charge is 0.140 e. The summed E-state index contributed by atoms with van der Waals surface area (Å²) in [6, 6.07) is 2.10. The highest BCUT2D eigenvalue weighted by Crippen LogP contribution is 2.66. The van der Waals surface area contributed by atoms with E-state index >= 15 is 0 Å². The van der Waals surface area contributed by atoms with E-state index in [9.17, 15) is 5.11 Å². The van der Waals surface area contributed by atoms with Crippen molar-refractivity contribution in [2.24, 2.45) is 35.0 Å². The molecule has 138 valence electrons. The average Bonchev–Trinajstić information content (AvgIpc) is 3.20. The Bertz CT molecular complexity index is 624. The van der Waals surface area contributed by atoms with Gasteiger partial charge in [0.1, 0.15) is 5.76 Å². The predicted molar refractivity (Wildman–Crippen MR) is 97.0 cm³/mol. The minimum atomic E-state index is -0.401. The summed E-state index contributed by atoms with van der Waals surface area (Å²) in [6.07, 6.45) is 13.3. The van der Waals surface area contributed by atoms with Gasteiger partial charge in [0, 0.05) is 12.0 Å². The molecule has 0 amide bonds. The van der Waals surface area contributed by atoms with Crippen LogP contribution in [0.4, 0.5) is 0 Å². The second kappa shape index (κ2) is 5.58. The van der Waals surface area contributed by atoms with E-state index in [1.54, 1.807) is 0 Å². The molecule has 1 aromatic heterocycles. The lowest BCUT2D eigenvalue weighted by molar-refractivity contribution is -0.0965. The summed E-state index contributed by atoms with van der Waals surface area (Å²) in [7, 11) is 0. The molecule has 0 bridgehead atoms. The number of rotatable bonds is 1. The summed E-state index contributed by atoms with van der Waals surface area (Å²) in [6.45, 7) is 4.61. The van der Waals surface area contributed by atoms with Crippen molar-refractivity contribution in [1.82, 2.24) is 5.16 Å². The van der Waals surface area contributed by atoms with Gasteiger partial charge in [-0.1, -0.05) is 12.1 Å². The molecule has 0 unspecified atom stereocenters. The van der Waals surface area contributed by atoms with Crippen molar-refractivity contribution < 1.29 is 9.63 Å². The van der Waals surface area contributed by atoms with Crippen LogP contribution in [0.25, 0.3) is 0 Å². The molecule has 1 N–H and O–H groups in total. The van der Waals surface area contributed by atoms with Gasteiger partial charge < -0.3 is 9.63 Å². The molecule has 0 spiro atoms. The maximum atomic E-state index is 10.5. The first-order chi connectivity index (χ1) is 12.0. The molecule has 0 saturated heterocycles. The van der Waals surface area contributed by atoms with Crippen LogP contribution in [0.2, 0.25) is 0 Å². The third-order valence-corrected chi connectivity index (χ3v) is 9.04. The van der Waals surface area contributed by atoms with E-state index in [2.05, 4.69) is 25.1 Å². The molecule has 5 rings (SSSR count). The van der Waals surface area contributed by atoms with Gasteiger partial charge >= 0.3 is 0 Å². The zero-order chi connectivity index (χ0) is 17.2. The van der Waals surface area contributed by atoms with Crippen molar-refractivity contribution in [1.29, 1.82) is 0 Å². The highest BCUT2D eigenvalue weighted by Gasteiger charge is 2.58. The molecule has 1 aromatic rings. The fourth-order valence-corrected chi connectivity index (χ4v) is 7.95. The van der Waals surface area contributed by atoms with Gasteiger partial charge in [0.2, 0.25) is 0 Å². The Morgan fingerprint density at radius 2 is 1.84 bits per heavy atom. The first kappa shape index (κ1) is 16.4. The molecule has 0 radical (unpaired) electrons. The normalized spacial score (nSPS) is 52.3. The Morgan fingerprint density at radius 1 is 1.00 bits per heavy atom. The Hall–Kier alpha value is -0.830. The summed E-state index contributed by atoms with van der Waals surface area (Å²) in [4.78, 5) is 0. The predicted octanol–water partition coefficient (Wildman–Crippen LogP) is 5.16. The van der Waals surface area contributed by atoms with Crippen molar-refractivity contribution in [3.8, 4) is 0 Å². The van der Waals surface area contributed by atoms with Crippen LogP contribution in [-0.2, 0) is 0 Å². The molecule has 8 atom stereocenters. The van der Waals surface area contributed by atoms with Crippen LogP contribution in [0, 0.1) is 35.0 Å². The SMILES string of the molecule is C[C@@]1(O)CC[C@H]2[C@@H](CC[C@@H]3[C@@H]2CC[C@]2(C)[C@@H](c4ccno4)CC[C@@H]32)C1. The zero-order valence-electron chi connectivity index (χ0n) is 15.8. The minimum Gasteiger partial charge on any atom is -0.390 e. The summed E-state index contributed by atoms with van der Waals surface area (Å²) in [5.74, 6) is 6.06. The van der Waals surface area contributed by atoms with Gasteiger partial charge in [-0.3, -0.25) is 0 Å². The van der Waals surface area contributed by atoms with Crippen LogP contribution in [-0.4, -0.2) is 15.9 Å². The fourth-order valence-electron chi connectivity index (χ4n) is 7.95. The average molecular weight is 344 g/mol. The summed E-state index contributed by atoms with van der Waals surface area (Å²) in [5, 5.41) is 14.5. The van der Waals surface area contributed by atoms with E-state index in [0.717, 1.165) is 48.2 Å².